The Labute approximate surface area is 94.7 Å². The number of rotatable bonds is 2. The Balaban J connectivity index is 2.86. The fourth-order valence-corrected chi connectivity index (χ4v) is 2.44. The molecular formula is C9H6FN3S2. The number of hydrogen-bond donors (Lipinski definition) is 0. The fourth-order valence-electron chi connectivity index (χ4n) is 1.40. The number of hydrogen-bond acceptors (Lipinski definition) is 4. The molecule has 0 spiro atoms. The first-order chi connectivity index (χ1) is 7.31. The number of para-hydroxylation sites is 1. The smallest absolute Gasteiger partial charge is 0.188 e. The summed E-state index contributed by atoms with van der Waals surface area (Å²) < 4.78 is 13.8. The zero-order valence-corrected chi connectivity index (χ0v) is 9.40. The summed E-state index contributed by atoms with van der Waals surface area (Å²) >= 11 is 1.51. The molecular weight excluding hydrogens is 233 g/mol. The van der Waals surface area contributed by atoms with Crippen LogP contribution in [0.4, 0.5) is 3.89 Å². The molecule has 0 aliphatic rings. The number of halogens is 1. The summed E-state index contributed by atoms with van der Waals surface area (Å²) in [5.41, 5.74) is 0.917. The molecule has 15 heavy (non-hydrogen) atoms. The zero-order valence-electron chi connectivity index (χ0n) is 7.77. The highest BCUT2D eigenvalue weighted by atomic mass is 32.2. The Kier molecular flexibility index (Phi) is 2.84. The van der Waals surface area contributed by atoms with E-state index in [9.17, 15) is 3.89 Å². The van der Waals surface area contributed by atoms with E-state index in [1.54, 1.807) is 6.07 Å². The predicted molar refractivity (Wildman–Crippen MR) is 60.3 cm³/mol. The average Bonchev–Trinajstić information content (AvgIpc) is 2.66. The summed E-state index contributed by atoms with van der Waals surface area (Å²) in [5.74, 6) is 0. The van der Waals surface area contributed by atoms with Gasteiger partial charge in [-0.15, -0.1) is 20.7 Å². The second-order valence-electron chi connectivity index (χ2n) is 2.76. The van der Waals surface area contributed by atoms with Gasteiger partial charge in [0.15, 0.2) is 18.0 Å². The largest absolute Gasteiger partial charge is 0.191 e. The maximum atomic E-state index is 12.6. The van der Waals surface area contributed by atoms with Crippen LogP contribution in [0.5, 0.6) is 0 Å². The lowest BCUT2D eigenvalue weighted by Crippen LogP contribution is -1.87. The van der Waals surface area contributed by atoms with Crippen LogP contribution in [0, 0.1) is 11.3 Å². The molecule has 1 heterocycles. The van der Waals surface area contributed by atoms with Crippen molar-refractivity contribution in [3.8, 4) is 6.07 Å². The van der Waals surface area contributed by atoms with Crippen molar-refractivity contribution >= 4 is 35.0 Å². The van der Waals surface area contributed by atoms with Crippen LogP contribution >= 0.6 is 24.1 Å². The Hall–Kier alpha value is -1.19. The molecule has 2 aromatic rings. The first-order valence-corrected chi connectivity index (χ1v) is 5.96. The van der Waals surface area contributed by atoms with Crippen molar-refractivity contribution < 1.29 is 3.89 Å². The fraction of sp³-hybridized carbons (Fsp3) is 0.111. The number of thioether (sulfide) groups is 1. The Bertz CT molecular complexity index is 544. The van der Waals surface area contributed by atoms with Crippen LogP contribution in [0.25, 0.3) is 10.9 Å². The van der Waals surface area contributed by atoms with Gasteiger partial charge < -0.3 is 0 Å². The summed E-state index contributed by atoms with van der Waals surface area (Å²) in [4.78, 5) is 0.909. The maximum Gasteiger partial charge on any atom is 0.188 e. The third kappa shape index (κ3) is 1.58. The van der Waals surface area contributed by atoms with Crippen LogP contribution in [0.15, 0.2) is 23.1 Å². The highest BCUT2D eigenvalue weighted by molar-refractivity contribution is 7.99. The van der Waals surface area contributed by atoms with Gasteiger partial charge in [0.1, 0.15) is 6.07 Å². The highest BCUT2D eigenvalue weighted by Crippen LogP contribution is 2.30. The van der Waals surface area contributed by atoms with Gasteiger partial charge in [0, 0.05) is 10.3 Å². The third-order valence-electron chi connectivity index (χ3n) is 2.03. The van der Waals surface area contributed by atoms with Crippen molar-refractivity contribution in [2.45, 2.75) is 4.90 Å². The Morgan fingerprint density at radius 2 is 2.33 bits per heavy atom. The van der Waals surface area contributed by atoms with Crippen molar-refractivity contribution in [1.82, 2.24) is 9.19 Å². The van der Waals surface area contributed by atoms with Crippen LogP contribution in [0.3, 0.4) is 0 Å². The predicted octanol–water partition coefficient (Wildman–Crippen LogP) is 3.01. The van der Waals surface area contributed by atoms with Gasteiger partial charge >= 0.3 is 0 Å². The molecule has 0 unspecified atom stereocenters. The van der Waals surface area contributed by atoms with E-state index in [0.29, 0.717) is 10.9 Å². The van der Waals surface area contributed by atoms with Crippen molar-refractivity contribution in [3.63, 3.8) is 0 Å². The van der Waals surface area contributed by atoms with E-state index in [1.807, 2.05) is 24.5 Å². The molecule has 0 atom stereocenters. The van der Waals surface area contributed by atoms with Crippen LogP contribution in [0.1, 0.15) is 5.69 Å². The van der Waals surface area contributed by atoms with E-state index < -0.39 is 0 Å². The van der Waals surface area contributed by atoms with Gasteiger partial charge in [-0.1, -0.05) is 6.07 Å². The van der Waals surface area contributed by atoms with Crippen molar-refractivity contribution in [3.05, 3.63) is 23.9 Å². The van der Waals surface area contributed by atoms with E-state index in [4.69, 9.17) is 5.26 Å². The summed E-state index contributed by atoms with van der Waals surface area (Å²) in [6, 6.07) is 7.44. The number of nitrogens with zero attached hydrogens (tertiary/aromatic N) is 3. The van der Waals surface area contributed by atoms with Crippen LogP contribution in [-0.4, -0.2) is 15.4 Å². The number of benzene rings is 1. The molecule has 76 valence electrons. The molecule has 3 nitrogen and oxygen atoms in total. The molecule has 6 heteroatoms. The standard InChI is InChI=1S/C9H6FN3S2/c1-14-8-4-2-3-6-7(5-11)12-13(15-10)9(6)8/h2-4H,1H3. The van der Waals surface area contributed by atoms with Gasteiger partial charge in [-0.05, 0) is 18.4 Å². The second kappa shape index (κ2) is 4.13. The molecule has 0 aliphatic carbocycles. The maximum absolute atomic E-state index is 12.6. The molecule has 0 fully saturated rings. The lowest BCUT2D eigenvalue weighted by molar-refractivity contribution is 0.883. The molecule has 0 amide bonds. The molecule has 1 aromatic heterocycles. The summed E-state index contributed by atoms with van der Waals surface area (Å²) in [5, 5.41) is 13.4. The summed E-state index contributed by atoms with van der Waals surface area (Å²) in [6.07, 6.45) is 1.90. The van der Waals surface area contributed by atoms with Crippen LogP contribution in [-0.2, 0) is 0 Å². The van der Waals surface area contributed by atoms with Gasteiger partial charge in [-0.3, -0.25) is 0 Å². The molecule has 1 aromatic carbocycles. The summed E-state index contributed by atoms with van der Waals surface area (Å²) in [6.45, 7) is 0. The lowest BCUT2D eigenvalue weighted by Gasteiger charge is -1.99. The van der Waals surface area contributed by atoms with Gasteiger partial charge in [0.25, 0.3) is 0 Å². The topological polar surface area (TPSA) is 41.6 Å². The molecule has 0 saturated heterocycles. The van der Waals surface area contributed by atoms with E-state index in [2.05, 4.69) is 5.10 Å². The monoisotopic (exact) mass is 239 g/mol. The van der Waals surface area contributed by atoms with Crippen molar-refractivity contribution in [1.29, 1.82) is 5.26 Å². The minimum Gasteiger partial charge on any atom is -0.191 e. The normalized spacial score (nSPS) is 10.5. The first kappa shape index (κ1) is 10.3. The average molecular weight is 239 g/mol. The first-order valence-electron chi connectivity index (χ1n) is 4.06. The van der Waals surface area contributed by atoms with Crippen molar-refractivity contribution in [2.75, 3.05) is 6.26 Å². The number of aromatic nitrogens is 2. The molecule has 0 radical (unpaired) electrons. The number of nitriles is 1. The molecule has 0 N–H and O–H groups in total. The molecule has 2 rings (SSSR count). The third-order valence-corrected chi connectivity index (χ3v) is 3.19. The van der Waals surface area contributed by atoms with E-state index >= 15 is 0 Å². The Morgan fingerprint density at radius 3 is 2.93 bits per heavy atom. The molecule has 0 saturated carbocycles. The minimum atomic E-state index is 0.00514. The van der Waals surface area contributed by atoms with Crippen LogP contribution < -0.4 is 0 Å². The van der Waals surface area contributed by atoms with E-state index in [1.165, 1.54) is 11.8 Å². The highest BCUT2D eigenvalue weighted by Gasteiger charge is 2.13. The Morgan fingerprint density at radius 1 is 1.53 bits per heavy atom. The second-order valence-corrected chi connectivity index (χ2v) is 4.09. The number of fused-ring (bicyclic) bond motifs is 1. The van der Waals surface area contributed by atoms with Gasteiger partial charge in [-0.2, -0.15) is 9.35 Å². The quantitative estimate of drug-likeness (QED) is 0.755. The SMILES string of the molecule is CSc1cccc2c(C#N)nn(SF)c12. The van der Waals surface area contributed by atoms with Crippen molar-refractivity contribution in [2.24, 2.45) is 0 Å². The zero-order chi connectivity index (χ0) is 10.8. The van der Waals surface area contributed by atoms with Gasteiger partial charge in [0.2, 0.25) is 0 Å². The molecule has 0 bridgehead atoms. The lowest BCUT2D eigenvalue weighted by atomic mass is 10.2. The van der Waals surface area contributed by atoms with Gasteiger partial charge in [0.05, 0.1) is 5.52 Å². The van der Waals surface area contributed by atoms with Gasteiger partial charge in [-0.25, -0.2) is 0 Å². The summed E-state index contributed by atoms with van der Waals surface area (Å²) in [7, 11) is 0. The van der Waals surface area contributed by atoms with E-state index in [0.717, 1.165) is 8.98 Å². The van der Waals surface area contributed by atoms with Crippen LogP contribution in [0.2, 0.25) is 0 Å². The minimum absolute atomic E-state index is 0.00514. The molecule has 0 aliphatic heterocycles. The van der Waals surface area contributed by atoms with E-state index in [-0.39, 0.29) is 18.0 Å².